The van der Waals surface area contributed by atoms with Gasteiger partial charge >= 0.3 is 0 Å². The van der Waals surface area contributed by atoms with E-state index in [0.29, 0.717) is 5.02 Å². The molecular weight excluding hydrogens is 314 g/mol. The van der Waals surface area contributed by atoms with Gasteiger partial charge in [0.2, 0.25) is 0 Å². The van der Waals surface area contributed by atoms with Gasteiger partial charge in [0, 0.05) is 21.9 Å². The van der Waals surface area contributed by atoms with Gasteiger partial charge in [0.05, 0.1) is 6.04 Å². The average molecular weight is 327 g/mol. The first kappa shape index (κ1) is 13.5. The Balaban J connectivity index is 2.26. The molecule has 1 heterocycles. The first-order valence-electron chi connectivity index (χ1n) is 5.50. The maximum absolute atomic E-state index is 6.02. The fraction of sp³-hybridized carbons (Fsp3) is 0.154. The van der Waals surface area contributed by atoms with E-state index < -0.39 is 0 Å². The number of hydrogen-bond acceptors (Lipinski definition) is 3. The van der Waals surface area contributed by atoms with Crippen molar-refractivity contribution < 1.29 is 0 Å². The van der Waals surface area contributed by atoms with E-state index in [1.807, 2.05) is 30.3 Å². The van der Waals surface area contributed by atoms with E-state index in [2.05, 4.69) is 26.3 Å². The van der Waals surface area contributed by atoms with Crippen LogP contribution in [0, 0.1) is 0 Å². The lowest BCUT2D eigenvalue weighted by molar-refractivity contribution is 0.550. The normalized spacial score (nSPS) is 12.4. The largest absolute Gasteiger partial charge is 0.271 e. The summed E-state index contributed by atoms with van der Waals surface area (Å²) < 4.78 is 0.990. The second-order valence-electron chi connectivity index (χ2n) is 3.94. The van der Waals surface area contributed by atoms with Gasteiger partial charge in [-0.15, -0.1) is 0 Å². The van der Waals surface area contributed by atoms with Crippen LogP contribution in [-0.4, -0.2) is 4.98 Å². The van der Waals surface area contributed by atoms with Crippen molar-refractivity contribution in [1.29, 1.82) is 0 Å². The minimum Gasteiger partial charge on any atom is -0.271 e. The number of hydrazine groups is 1. The SMILES string of the molecule is NNC(Cc1ccncc1)c1cc(Cl)ccc1Br. The molecule has 3 N–H and O–H groups in total. The second kappa shape index (κ2) is 6.29. The van der Waals surface area contributed by atoms with Crippen LogP contribution in [0.1, 0.15) is 17.2 Å². The molecule has 0 spiro atoms. The minimum atomic E-state index is 0.000440. The van der Waals surface area contributed by atoms with E-state index >= 15 is 0 Å². The number of benzene rings is 1. The summed E-state index contributed by atoms with van der Waals surface area (Å²) in [6.45, 7) is 0. The van der Waals surface area contributed by atoms with Crippen molar-refractivity contribution in [2.24, 2.45) is 5.84 Å². The van der Waals surface area contributed by atoms with Crippen LogP contribution in [0.4, 0.5) is 0 Å². The summed E-state index contributed by atoms with van der Waals surface area (Å²) in [5.41, 5.74) is 5.04. The van der Waals surface area contributed by atoms with Gasteiger partial charge in [-0.1, -0.05) is 27.5 Å². The smallest absolute Gasteiger partial charge is 0.0512 e. The first-order chi connectivity index (χ1) is 8.70. The summed E-state index contributed by atoms with van der Waals surface area (Å²) in [7, 11) is 0. The molecule has 0 amide bonds. The molecule has 0 radical (unpaired) electrons. The van der Waals surface area contributed by atoms with Gasteiger partial charge in [-0.2, -0.15) is 0 Å². The highest BCUT2D eigenvalue weighted by Crippen LogP contribution is 2.28. The fourth-order valence-electron chi connectivity index (χ4n) is 1.79. The zero-order chi connectivity index (χ0) is 13.0. The lowest BCUT2D eigenvalue weighted by Crippen LogP contribution is -2.29. The Kier molecular flexibility index (Phi) is 4.72. The highest BCUT2D eigenvalue weighted by molar-refractivity contribution is 9.10. The Hall–Kier alpha value is -0.940. The van der Waals surface area contributed by atoms with Crippen LogP contribution < -0.4 is 11.3 Å². The molecular formula is C13H13BrClN3. The van der Waals surface area contributed by atoms with E-state index in [1.54, 1.807) is 12.4 Å². The van der Waals surface area contributed by atoms with Gasteiger partial charge in [0.15, 0.2) is 0 Å². The van der Waals surface area contributed by atoms with Gasteiger partial charge in [-0.3, -0.25) is 16.3 Å². The van der Waals surface area contributed by atoms with Crippen LogP contribution in [0.15, 0.2) is 47.2 Å². The minimum absolute atomic E-state index is 0.000440. The van der Waals surface area contributed by atoms with E-state index in [0.717, 1.165) is 16.5 Å². The summed E-state index contributed by atoms with van der Waals surface area (Å²) in [6.07, 6.45) is 4.32. The standard InChI is InChI=1S/C13H13BrClN3/c14-12-2-1-10(15)8-11(12)13(18-16)7-9-3-5-17-6-4-9/h1-6,8,13,18H,7,16H2. The molecule has 1 aromatic heterocycles. The van der Waals surface area contributed by atoms with Gasteiger partial charge < -0.3 is 0 Å². The number of nitrogens with two attached hydrogens (primary N) is 1. The molecule has 2 rings (SSSR count). The predicted molar refractivity (Wildman–Crippen MR) is 77.2 cm³/mol. The van der Waals surface area contributed by atoms with Crippen LogP contribution >= 0.6 is 27.5 Å². The Labute approximate surface area is 119 Å². The number of hydrogen-bond donors (Lipinski definition) is 2. The molecule has 0 saturated carbocycles. The Bertz CT molecular complexity index is 519. The quantitative estimate of drug-likeness (QED) is 0.670. The molecule has 1 aromatic carbocycles. The van der Waals surface area contributed by atoms with Crippen LogP contribution in [0.3, 0.4) is 0 Å². The fourth-order valence-corrected chi connectivity index (χ4v) is 2.50. The Morgan fingerprint density at radius 3 is 2.67 bits per heavy atom. The monoisotopic (exact) mass is 325 g/mol. The molecule has 1 atom stereocenters. The summed E-state index contributed by atoms with van der Waals surface area (Å²) >= 11 is 9.54. The van der Waals surface area contributed by atoms with Crippen molar-refractivity contribution >= 4 is 27.5 Å². The molecule has 0 fully saturated rings. The zero-order valence-electron chi connectivity index (χ0n) is 9.61. The van der Waals surface area contributed by atoms with E-state index in [-0.39, 0.29) is 6.04 Å². The Morgan fingerprint density at radius 1 is 1.28 bits per heavy atom. The third kappa shape index (κ3) is 3.29. The molecule has 18 heavy (non-hydrogen) atoms. The average Bonchev–Trinajstić information content (AvgIpc) is 2.40. The lowest BCUT2D eigenvalue weighted by atomic mass is 10.0. The second-order valence-corrected chi connectivity index (χ2v) is 5.24. The number of nitrogens with zero attached hydrogens (tertiary/aromatic N) is 1. The van der Waals surface area contributed by atoms with Crippen molar-refractivity contribution in [2.75, 3.05) is 0 Å². The first-order valence-corrected chi connectivity index (χ1v) is 6.68. The highest BCUT2D eigenvalue weighted by Gasteiger charge is 2.14. The number of halogens is 2. The molecule has 0 saturated heterocycles. The van der Waals surface area contributed by atoms with Gasteiger partial charge in [0.1, 0.15) is 0 Å². The summed E-state index contributed by atoms with van der Waals surface area (Å²) in [5, 5.41) is 0.697. The van der Waals surface area contributed by atoms with Crippen molar-refractivity contribution in [3.63, 3.8) is 0 Å². The summed E-state index contributed by atoms with van der Waals surface area (Å²) in [6, 6.07) is 9.63. The molecule has 0 aliphatic carbocycles. The number of nitrogens with one attached hydrogen (secondary N) is 1. The van der Waals surface area contributed by atoms with Crippen molar-refractivity contribution in [2.45, 2.75) is 12.5 Å². The van der Waals surface area contributed by atoms with Crippen LogP contribution in [0.5, 0.6) is 0 Å². The number of pyridine rings is 1. The third-order valence-electron chi connectivity index (χ3n) is 2.72. The number of rotatable bonds is 4. The van der Waals surface area contributed by atoms with Gasteiger partial charge in [0.25, 0.3) is 0 Å². The van der Waals surface area contributed by atoms with E-state index in [4.69, 9.17) is 17.4 Å². The molecule has 0 bridgehead atoms. The van der Waals surface area contributed by atoms with E-state index in [9.17, 15) is 0 Å². The van der Waals surface area contributed by atoms with Crippen LogP contribution in [-0.2, 0) is 6.42 Å². The predicted octanol–water partition coefficient (Wildman–Crippen LogP) is 3.24. The third-order valence-corrected chi connectivity index (χ3v) is 3.68. The maximum Gasteiger partial charge on any atom is 0.0512 e. The molecule has 0 aliphatic heterocycles. The van der Waals surface area contributed by atoms with Gasteiger partial charge in [-0.25, -0.2) is 0 Å². The van der Waals surface area contributed by atoms with E-state index in [1.165, 1.54) is 5.56 Å². The Morgan fingerprint density at radius 2 is 2.00 bits per heavy atom. The molecule has 5 heteroatoms. The summed E-state index contributed by atoms with van der Waals surface area (Å²) in [4.78, 5) is 4.00. The lowest BCUT2D eigenvalue weighted by Gasteiger charge is -2.18. The maximum atomic E-state index is 6.02. The molecule has 2 aromatic rings. The van der Waals surface area contributed by atoms with Gasteiger partial charge in [-0.05, 0) is 47.9 Å². The summed E-state index contributed by atoms with van der Waals surface area (Å²) in [5.74, 6) is 5.64. The molecule has 94 valence electrons. The van der Waals surface area contributed by atoms with Crippen LogP contribution in [0.25, 0.3) is 0 Å². The van der Waals surface area contributed by atoms with Crippen molar-refractivity contribution in [1.82, 2.24) is 10.4 Å². The van der Waals surface area contributed by atoms with Crippen molar-refractivity contribution in [3.05, 3.63) is 63.3 Å². The molecule has 0 aliphatic rings. The highest BCUT2D eigenvalue weighted by atomic mass is 79.9. The zero-order valence-corrected chi connectivity index (χ0v) is 11.9. The number of aromatic nitrogens is 1. The molecule has 3 nitrogen and oxygen atoms in total. The molecule has 1 unspecified atom stereocenters. The topological polar surface area (TPSA) is 50.9 Å². The van der Waals surface area contributed by atoms with Crippen molar-refractivity contribution in [3.8, 4) is 0 Å². The van der Waals surface area contributed by atoms with Crippen LogP contribution in [0.2, 0.25) is 5.02 Å².